The molecule has 13 heteroatoms. The van der Waals surface area contributed by atoms with Crippen LogP contribution in [0.25, 0.3) is 22.3 Å². The first-order valence-corrected chi connectivity index (χ1v) is 12.1. The number of thiophene rings is 1. The number of aromatic hydroxyl groups is 1. The monoisotopic (exact) mass is 503 g/mol. The molecule has 0 radical (unpaired) electrons. The predicted octanol–water partition coefficient (Wildman–Crippen LogP) is 0.454. The van der Waals surface area contributed by atoms with Gasteiger partial charge in [-0.2, -0.15) is 9.61 Å². The van der Waals surface area contributed by atoms with Crippen molar-refractivity contribution < 1.29 is 9.90 Å². The van der Waals surface area contributed by atoms with Crippen LogP contribution in [0.5, 0.6) is 5.88 Å². The van der Waals surface area contributed by atoms with E-state index in [1.165, 1.54) is 11.3 Å². The molecule has 6 rings (SSSR count). The average molecular weight is 504 g/mol. The molecular formula is C23H21N9O3S. The number of imidazole rings is 2. The quantitative estimate of drug-likeness (QED) is 0.263. The third kappa shape index (κ3) is 4.20. The van der Waals surface area contributed by atoms with E-state index in [2.05, 4.69) is 25.4 Å². The smallest absolute Gasteiger partial charge is 0.326 e. The highest BCUT2D eigenvalue weighted by Gasteiger charge is 2.21. The number of hydrogen-bond donors (Lipinski definition) is 4. The highest BCUT2D eigenvalue weighted by molar-refractivity contribution is 7.17. The molecule has 0 atom stereocenters. The Bertz CT molecular complexity index is 1780. The molecule has 4 N–H and O–H groups in total. The minimum Gasteiger partial charge on any atom is -0.493 e. The van der Waals surface area contributed by atoms with Crippen molar-refractivity contribution in [1.29, 1.82) is 0 Å². The van der Waals surface area contributed by atoms with Gasteiger partial charge in [-0.1, -0.05) is 0 Å². The van der Waals surface area contributed by atoms with E-state index in [1.54, 1.807) is 29.1 Å². The summed E-state index contributed by atoms with van der Waals surface area (Å²) >= 11 is 1.33. The molecule has 1 aliphatic rings. The zero-order chi connectivity index (χ0) is 24.8. The number of H-pyrrole nitrogens is 2. The second kappa shape index (κ2) is 8.61. The van der Waals surface area contributed by atoms with Gasteiger partial charge >= 0.3 is 5.69 Å². The number of nitrogens with zero attached hydrogens (tertiary/aromatic N) is 6. The van der Waals surface area contributed by atoms with Gasteiger partial charge in [0.1, 0.15) is 11.5 Å². The van der Waals surface area contributed by atoms with Crippen molar-refractivity contribution in [2.45, 2.75) is 25.4 Å². The topological polar surface area (TPSA) is 158 Å². The fourth-order valence-electron chi connectivity index (χ4n) is 3.73. The number of nitrogens with one attached hydrogen (secondary N) is 3. The lowest BCUT2D eigenvalue weighted by molar-refractivity contribution is 0.0953. The molecule has 12 nitrogen and oxygen atoms in total. The van der Waals surface area contributed by atoms with Crippen LogP contribution in [0.4, 0.5) is 0 Å². The van der Waals surface area contributed by atoms with Crippen molar-refractivity contribution in [3.63, 3.8) is 0 Å². The zero-order valence-corrected chi connectivity index (χ0v) is 19.9. The van der Waals surface area contributed by atoms with Crippen LogP contribution in [0.15, 0.2) is 46.6 Å². The normalized spacial score (nSPS) is 14.7. The minimum absolute atomic E-state index is 0.191. The number of carbonyl (C=O) groups excluding carboxylic acids is 1. The van der Waals surface area contributed by atoms with Gasteiger partial charge in [-0.3, -0.25) is 14.8 Å². The van der Waals surface area contributed by atoms with Crippen LogP contribution in [0.3, 0.4) is 0 Å². The average Bonchev–Trinajstić information content (AvgIpc) is 3.21. The third-order valence-corrected chi connectivity index (χ3v) is 6.89. The van der Waals surface area contributed by atoms with Crippen LogP contribution in [0.1, 0.15) is 34.0 Å². The molecule has 0 unspecified atom stereocenters. The maximum Gasteiger partial charge on any atom is 0.326 e. The Balaban J connectivity index is 1.38. The molecule has 182 valence electrons. The first-order chi connectivity index (χ1) is 17.4. The molecule has 1 saturated carbocycles. The summed E-state index contributed by atoms with van der Waals surface area (Å²) in [5.41, 5.74) is 1.53. The standard InChI is InChI=1S/C23H21N9O3S/c1-31-7-6-24-19(31)11-25-22(34)17-5-4-16(36-17)14-9-18(27-13-2-3-13)32-20(28-14)12(10-26-32)8-15-21(33)30-23(35)29-15/h4-10,13,33H,2-3,11H2,1H3,(H,25,34)(H2,29,30,35). The van der Waals surface area contributed by atoms with Gasteiger partial charge in [0.15, 0.2) is 11.1 Å². The number of amides is 1. The van der Waals surface area contributed by atoms with Gasteiger partial charge in [-0.15, -0.1) is 11.3 Å². The SMILES string of the molecule is Cn1ccnc1CNC(=O)c1ccc(-c2cc(=NC3CC3)n3ncc(=Cc4[nH]c(=O)[nH]c4O)c3n2)s1. The Morgan fingerprint density at radius 2 is 2.22 bits per heavy atom. The Morgan fingerprint density at radius 3 is 2.94 bits per heavy atom. The minimum atomic E-state index is -0.513. The van der Waals surface area contributed by atoms with Crippen molar-refractivity contribution in [1.82, 2.24) is 39.4 Å². The van der Waals surface area contributed by atoms with E-state index in [0.29, 0.717) is 33.5 Å². The summed E-state index contributed by atoms with van der Waals surface area (Å²) in [5, 5.41) is 17.9. The summed E-state index contributed by atoms with van der Waals surface area (Å²) in [6, 6.07) is 5.73. The maximum absolute atomic E-state index is 12.7. The van der Waals surface area contributed by atoms with Crippen molar-refractivity contribution >= 4 is 29.0 Å². The van der Waals surface area contributed by atoms with Crippen molar-refractivity contribution in [2.24, 2.45) is 12.0 Å². The van der Waals surface area contributed by atoms with Crippen LogP contribution in [0.2, 0.25) is 0 Å². The maximum atomic E-state index is 12.7. The van der Waals surface area contributed by atoms with Gasteiger partial charge in [0.25, 0.3) is 5.91 Å². The molecule has 0 aliphatic heterocycles. The number of rotatable bonds is 6. The van der Waals surface area contributed by atoms with Gasteiger partial charge in [0.2, 0.25) is 5.88 Å². The second-order valence-corrected chi connectivity index (χ2v) is 9.57. The van der Waals surface area contributed by atoms with E-state index in [1.807, 2.05) is 29.9 Å². The molecule has 1 fully saturated rings. The lowest BCUT2D eigenvalue weighted by Gasteiger charge is -2.03. The number of carbonyl (C=O) groups is 1. The van der Waals surface area contributed by atoms with Gasteiger partial charge in [-0.25, -0.2) is 14.8 Å². The first-order valence-electron chi connectivity index (χ1n) is 11.2. The van der Waals surface area contributed by atoms with Crippen LogP contribution < -0.4 is 21.7 Å². The van der Waals surface area contributed by atoms with E-state index >= 15 is 0 Å². The summed E-state index contributed by atoms with van der Waals surface area (Å²) < 4.78 is 3.50. The fourth-order valence-corrected chi connectivity index (χ4v) is 4.62. The van der Waals surface area contributed by atoms with Crippen LogP contribution in [0, 0.1) is 0 Å². The molecule has 1 amide bonds. The highest BCUT2D eigenvalue weighted by Crippen LogP contribution is 2.27. The Hall–Kier alpha value is -4.52. The first kappa shape index (κ1) is 22.0. The van der Waals surface area contributed by atoms with Crippen molar-refractivity contribution in [3.8, 4) is 16.5 Å². The predicted molar refractivity (Wildman–Crippen MR) is 131 cm³/mol. The largest absolute Gasteiger partial charge is 0.493 e. The molecule has 0 spiro atoms. The summed E-state index contributed by atoms with van der Waals surface area (Å²) in [6.07, 6.45) is 8.77. The number of aryl methyl sites for hydroxylation is 1. The van der Waals surface area contributed by atoms with Crippen LogP contribution >= 0.6 is 11.3 Å². The molecule has 0 saturated heterocycles. The van der Waals surface area contributed by atoms with Gasteiger partial charge in [0.05, 0.1) is 34.2 Å². The molecule has 5 heterocycles. The number of aromatic amines is 2. The molecule has 0 bridgehead atoms. The third-order valence-electron chi connectivity index (χ3n) is 5.79. The molecule has 36 heavy (non-hydrogen) atoms. The Labute approximate surface area is 206 Å². The fraction of sp³-hybridized carbons (Fsp3) is 0.217. The summed E-state index contributed by atoms with van der Waals surface area (Å²) in [5.74, 6) is 0.305. The van der Waals surface area contributed by atoms with Gasteiger partial charge in [-0.05, 0) is 31.1 Å². The zero-order valence-electron chi connectivity index (χ0n) is 19.1. The van der Waals surface area contributed by atoms with E-state index in [9.17, 15) is 14.7 Å². The summed E-state index contributed by atoms with van der Waals surface area (Å²) in [7, 11) is 1.88. The Morgan fingerprint density at radius 1 is 1.36 bits per heavy atom. The van der Waals surface area contributed by atoms with Crippen LogP contribution in [-0.4, -0.2) is 51.2 Å². The van der Waals surface area contributed by atoms with Crippen LogP contribution in [-0.2, 0) is 13.6 Å². The lowest BCUT2D eigenvalue weighted by Crippen LogP contribution is -2.23. The van der Waals surface area contributed by atoms with E-state index in [4.69, 9.17) is 9.98 Å². The lowest BCUT2D eigenvalue weighted by atomic mass is 10.3. The molecule has 1 aliphatic carbocycles. The van der Waals surface area contributed by atoms with E-state index in [-0.39, 0.29) is 23.5 Å². The van der Waals surface area contributed by atoms with E-state index in [0.717, 1.165) is 23.5 Å². The van der Waals surface area contributed by atoms with Crippen molar-refractivity contribution in [3.05, 3.63) is 74.4 Å². The van der Waals surface area contributed by atoms with Gasteiger partial charge in [0, 0.05) is 30.7 Å². The second-order valence-electron chi connectivity index (χ2n) is 8.48. The highest BCUT2D eigenvalue weighted by atomic mass is 32.1. The molecule has 5 aromatic rings. The van der Waals surface area contributed by atoms with E-state index < -0.39 is 5.69 Å². The van der Waals surface area contributed by atoms with Crippen molar-refractivity contribution in [2.75, 3.05) is 0 Å². The molecule has 0 aromatic carbocycles. The van der Waals surface area contributed by atoms with Gasteiger partial charge < -0.3 is 20.0 Å². The number of fused-ring (bicyclic) bond motifs is 1. The Kier molecular flexibility index (Phi) is 5.25. The number of aromatic nitrogens is 7. The number of hydrogen-bond acceptors (Lipinski definition) is 8. The summed E-state index contributed by atoms with van der Waals surface area (Å²) in [4.78, 5) is 44.2. The molecular weight excluding hydrogens is 482 g/mol. The molecule has 5 aromatic heterocycles. The summed E-state index contributed by atoms with van der Waals surface area (Å²) in [6.45, 7) is 0.327.